The summed E-state index contributed by atoms with van der Waals surface area (Å²) in [4.78, 5) is 26.6. The van der Waals surface area contributed by atoms with Crippen LogP contribution in [-0.4, -0.2) is 62.5 Å². The monoisotopic (exact) mass is 360 g/mol. The molecule has 3 rings (SSSR count). The third-order valence-electron chi connectivity index (χ3n) is 4.55. The number of aromatic amines is 1. The van der Waals surface area contributed by atoms with E-state index in [4.69, 9.17) is 4.74 Å². The molecule has 0 radical (unpaired) electrons. The summed E-state index contributed by atoms with van der Waals surface area (Å²) >= 11 is 0. The lowest BCUT2D eigenvalue weighted by atomic mass is 10.2. The van der Waals surface area contributed by atoms with E-state index >= 15 is 0 Å². The van der Waals surface area contributed by atoms with E-state index < -0.39 is 6.10 Å². The largest absolute Gasteiger partial charge is 0.365 e. The predicted octanol–water partition coefficient (Wildman–Crippen LogP) is 0.400. The molecular weight excluding hydrogens is 336 g/mol. The molecule has 26 heavy (non-hydrogen) atoms. The molecule has 1 aliphatic heterocycles. The van der Waals surface area contributed by atoms with Crippen LogP contribution in [0.3, 0.4) is 0 Å². The predicted molar refractivity (Wildman–Crippen MR) is 93.5 cm³/mol. The molecule has 9 heteroatoms. The maximum Gasteiger partial charge on any atom is 0.274 e. The number of ether oxygens (including phenoxy) is 1. The van der Waals surface area contributed by atoms with Gasteiger partial charge in [0.15, 0.2) is 6.10 Å². The minimum Gasteiger partial charge on any atom is -0.365 e. The first kappa shape index (κ1) is 18.1. The Morgan fingerprint density at radius 2 is 2.23 bits per heavy atom. The van der Waals surface area contributed by atoms with E-state index in [9.17, 15) is 9.59 Å². The molecule has 2 aromatic heterocycles. The van der Waals surface area contributed by atoms with Crippen molar-refractivity contribution in [3.05, 3.63) is 34.9 Å². The molecule has 0 saturated carbocycles. The minimum absolute atomic E-state index is 0.181. The summed E-state index contributed by atoms with van der Waals surface area (Å²) in [5.41, 5.74) is 3.14. The number of nitrogens with one attached hydrogen (secondary N) is 2. The number of rotatable bonds is 5. The molecule has 3 heterocycles. The summed E-state index contributed by atoms with van der Waals surface area (Å²) in [5, 5.41) is 14.1. The third-order valence-corrected chi connectivity index (χ3v) is 4.55. The molecule has 0 spiro atoms. The van der Waals surface area contributed by atoms with Gasteiger partial charge in [0, 0.05) is 37.1 Å². The zero-order valence-electron chi connectivity index (χ0n) is 15.3. The van der Waals surface area contributed by atoms with Crippen LogP contribution in [0.1, 0.15) is 34.4 Å². The van der Waals surface area contributed by atoms with Crippen LogP contribution in [0.5, 0.6) is 0 Å². The van der Waals surface area contributed by atoms with Gasteiger partial charge in [-0.2, -0.15) is 10.2 Å². The molecule has 1 fully saturated rings. The van der Waals surface area contributed by atoms with Gasteiger partial charge in [0.1, 0.15) is 5.69 Å². The zero-order chi connectivity index (χ0) is 18.7. The van der Waals surface area contributed by atoms with Crippen molar-refractivity contribution in [1.82, 2.24) is 30.2 Å². The number of carbonyl (C=O) groups excluding carboxylic acids is 2. The van der Waals surface area contributed by atoms with Gasteiger partial charge < -0.3 is 15.0 Å². The van der Waals surface area contributed by atoms with E-state index in [2.05, 4.69) is 20.6 Å². The first-order valence-corrected chi connectivity index (χ1v) is 8.72. The molecule has 2 amide bonds. The van der Waals surface area contributed by atoms with Gasteiger partial charge in [-0.05, 0) is 26.8 Å². The molecule has 0 aliphatic carbocycles. The molecule has 2 N–H and O–H groups in total. The summed E-state index contributed by atoms with van der Waals surface area (Å²) in [6.07, 6.45) is 1.08. The molecule has 140 valence electrons. The van der Waals surface area contributed by atoms with Crippen molar-refractivity contribution in [3.8, 4) is 0 Å². The van der Waals surface area contributed by atoms with Crippen LogP contribution >= 0.6 is 0 Å². The number of hydrogen-bond acceptors (Lipinski definition) is 5. The lowest BCUT2D eigenvalue weighted by Crippen LogP contribution is -2.51. The summed E-state index contributed by atoms with van der Waals surface area (Å²) in [6, 6.07) is 1.70. The van der Waals surface area contributed by atoms with Crippen LogP contribution in [0.25, 0.3) is 0 Å². The number of H-pyrrole nitrogens is 1. The first-order valence-electron chi connectivity index (χ1n) is 8.72. The average molecular weight is 360 g/mol. The Labute approximate surface area is 151 Å². The Morgan fingerprint density at radius 3 is 2.88 bits per heavy atom. The molecule has 1 saturated heterocycles. The van der Waals surface area contributed by atoms with E-state index in [0.717, 1.165) is 17.0 Å². The molecule has 0 aromatic carbocycles. The summed E-state index contributed by atoms with van der Waals surface area (Å²) in [6.45, 7) is 7.82. The van der Waals surface area contributed by atoms with Gasteiger partial charge in [0.05, 0.1) is 18.8 Å². The van der Waals surface area contributed by atoms with Crippen LogP contribution < -0.4 is 5.32 Å². The Bertz CT molecular complexity index is 777. The highest BCUT2D eigenvalue weighted by molar-refractivity contribution is 5.93. The smallest absolute Gasteiger partial charge is 0.274 e. The highest BCUT2D eigenvalue weighted by Gasteiger charge is 2.30. The SMILES string of the molecule is CCn1ccc(C(=O)N2CCOC(C(=O)NCc3c(C)n[nH]c3C)C2)n1. The average Bonchev–Trinajstić information content (AvgIpc) is 3.26. The molecular formula is C17H24N6O3. The molecule has 1 aliphatic rings. The fourth-order valence-corrected chi connectivity index (χ4v) is 2.93. The van der Waals surface area contributed by atoms with Crippen LogP contribution in [0.4, 0.5) is 0 Å². The second kappa shape index (κ2) is 7.69. The standard InChI is InChI=1S/C17H24N6O3/c1-4-23-6-5-14(21-23)17(25)22-7-8-26-15(10-22)16(24)18-9-13-11(2)19-20-12(13)3/h5-6,15H,4,7-10H2,1-3H3,(H,18,24)(H,19,20). The van der Waals surface area contributed by atoms with Crippen molar-refractivity contribution < 1.29 is 14.3 Å². The highest BCUT2D eigenvalue weighted by atomic mass is 16.5. The number of nitrogens with zero attached hydrogens (tertiary/aromatic N) is 4. The van der Waals surface area contributed by atoms with Gasteiger partial charge in [-0.3, -0.25) is 19.4 Å². The van der Waals surface area contributed by atoms with Crippen molar-refractivity contribution >= 4 is 11.8 Å². The van der Waals surface area contributed by atoms with E-state index in [1.54, 1.807) is 21.8 Å². The van der Waals surface area contributed by atoms with Crippen molar-refractivity contribution in [2.75, 3.05) is 19.7 Å². The van der Waals surface area contributed by atoms with Gasteiger partial charge in [0.2, 0.25) is 0 Å². The fraction of sp³-hybridized carbons (Fsp3) is 0.529. The Hall–Kier alpha value is -2.68. The molecule has 1 atom stereocenters. The van der Waals surface area contributed by atoms with Crippen LogP contribution in [0.2, 0.25) is 0 Å². The third kappa shape index (κ3) is 3.77. The van der Waals surface area contributed by atoms with Gasteiger partial charge >= 0.3 is 0 Å². The van der Waals surface area contributed by atoms with Gasteiger partial charge in [-0.25, -0.2) is 0 Å². The Kier molecular flexibility index (Phi) is 5.36. The molecule has 9 nitrogen and oxygen atoms in total. The van der Waals surface area contributed by atoms with Gasteiger partial charge in [-0.15, -0.1) is 0 Å². The van der Waals surface area contributed by atoms with Crippen molar-refractivity contribution in [1.29, 1.82) is 0 Å². The number of aryl methyl sites for hydroxylation is 3. The second-order valence-electron chi connectivity index (χ2n) is 6.30. The summed E-state index contributed by atoms with van der Waals surface area (Å²) < 4.78 is 7.26. The number of amides is 2. The number of hydrogen-bond donors (Lipinski definition) is 2. The normalized spacial score (nSPS) is 17.3. The van der Waals surface area contributed by atoms with Gasteiger partial charge in [-0.1, -0.05) is 0 Å². The van der Waals surface area contributed by atoms with E-state index in [0.29, 0.717) is 31.9 Å². The Balaban J connectivity index is 1.59. The summed E-state index contributed by atoms with van der Waals surface area (Å²) in [5.74, 6) is -0.415. The molecule has 0 bridgehead atoms. The fourth-order valence-electron chi connectivity index (χ4n) is 2.93. The van der Waals surface area contributed by atoms with Crippen LogP contribution in [-0.2, 0) is 22.6 Å². The van der Waals surface area contributed by atoms with E-state index in [1.807, 2.05) is 20.8 Å². The highest BCUT2D eigenvalue weighted by Crippen LogP contribution is 2.12. The number of morpholine rings is 1. The molecule has 1 unspecified atom stereocenters. The maximum atomic E-state index is 12.6. The van der Waals surface area contributed by atoms with E-state index in [1.165, 1.54) is 0 Å². The summed E-state index contributed by atoms with van der Waals surface area (Å²) in [7, 11) is 0. The zero-order valence-corrected chi connectivity index (χ0v) is 15.3. The lowest BCUT2D eigenvalue weighted by molar-refractivity contribution is -0.137. The Morgan fingerprint density at radius 1 is 1.42 bits per heavy atom. The quantitative estimate of drug-likeness (QED) is 0.803. The maximum absolute atomic E-state index is 12.6. The second-order valence-corrected chi connectivity index (χ2v) is 6.30. The van der Waals surface area contributed by atoms with Crippen LogP contribution in [0.15, 0.2) is 12.3 Å². The number of aromatic nitrogens is 4. The number of carbonyl (C=O) groups is 2. The van der Waals surface area contributed by atoms with Gasteiger partial charge in [0.25, 0.3) is 11.8 Å². The first-order chi connectivity index (χ1) is 12.5. The minimum atomic E-state index is -0.687. The van der Waals surface area contributed by atoms with Crippen molar-refractivity contribution in [2.45, 2.75) is 40.0 Å². The van der Waals surface area contributed by atoms with Crippen molar-refractivity contribution in [3.63, 3.8) is 0 Å². The van der Waals surface area contributed by atoms with Crippen LogP contribution in [0, 0.1) is 13.8 Å². The topological polar surface area (TPSA) is 105 Å². The van der Waals surface area contributed by atoms with Crippen molar-refractivity contribution in [2.24, 2.45) is 0 Å². The lowest BCUT2D eigenvalue weighted by Gasteiger charge is -2.31. The van der Waals surface area contributed by atoms with E-state index in [-0.39, 0.29) is 18.4 Å². The molecule has 2 aromatic rings.